The third-order valence-corrected chi connectivity index (χ3v) is 4.14. The number of carboxylic acid groups (broad SMARTS) is 1. The number of carboxylic acids is 1. The number of nitrogens with one attached hydrogen (secondary N) is 1. The highest BCUT2D eigenvalue weighted by Crippen LogP contribution is 2.25. The molecular weight excluding hydrogens is 415 g/mol. The van der Waals surface area contributed by atoms with Gasteiger partial charge in [-0.2, -0.15) is 5.26 Å². The highest BCUT2D eigenvalue weighted by molar-refractivity contribution is 6.10. The van der Waals surface area contributed by atoms with Crippen molar-refractivity contribution >= 4 is 34.5 Å². The molecule has 0 saturated heterocycles. The smallest absolute Gasteiger partial charge is 0.480 e. The zero-order valence-corrected chi connectivity index (χ0v) is 15.7. The van der Waals surface area contributed by atoms with E-state index in [4.69, 9.17) is 5.11 Å². The topological polar surface area (TPSA) is 104 Å². The molecule has 1 heterocycles. The van der Waals surface area contributed by atoms with E-state index in [1.165, 1.54) is 29.0 Å². The summed E-state index contributed by atoms with van der Waals surface area (Å²) in [6, 6.07) is 13.1. The van der Waals surface area contributed by atoms with Gasteiger partial charge in [0.2, 0.25) is 0 Å². The number of anilines is 1. The Balaban J connectivity index is 1.84. The molecule has 10 heteroatoms. The van der Waals surface area contributed by atoms with Crippen LogP contribution in [0.1, 0.15) is 5.56 Å². The normalized spacial score (nSPS) is 11.7. The van der Waals surface area contributed by atoms with Gasteiger partial charge in [-0.25, -0.2) is 0 Å². The SMILES string of the molecule is N#CC(=Cc1cn(CC(=O)O)c2ccccc12)C(=O)Nc1ccc(OC(F)(F)F)cc1. The lowest BCUT2D eigenvalue weighted by atomic mass is 10.1. The lowest BCUT2D eigenvalue weighted by molar-refractivity contribution is -0.274. The van der Waals surface area contributed by atoms with Crippen molar-refractivity contribution in [3.05, 3.63) is 65.9 Å². The highest BCUT2D eigenvalue weighted by atomic mass is 19.4. The first-order valence-corrected chi connectivity index (χ1v) is 8.75. The Morgan fingerprint density at radius 1 is 1.16 bits per heavy atom. The van der Waals surface area contributed by atoms with Gasteiger partial charge in [-0.3, -0.25) is 9.59 Å². The van der Waals surface area contributed by atoms with E-state index in [2.05, 4.69) is 10.1 Å². The number of ether oxygens (including phenoxy) is 1. The second-order valence-electron chi connectivity index (χ2n) is 6.32. The zero-order chi connectivity index (χ0) is 22.6. The Hall–Kier alpha value is -4.26. The number of carbonyl (C=O) groups is 2. The quantitative estimate of drug-likeness (QED) is 0.452. The lowest BCUT2D eigenvalue weighted by Gasteiger charge is -2.09. The molecule has 31 heavy (non-hydrogen) atoms. The predicted octanol–water partition coefficient (Wildman–Crippen LogP) is 4.17. The van der Waals surface area contributed by atoms with E-state index >= 15 is 0 Å². The minimum atomic E-state index is -4.83. The first-order chi connectivity index (χ1) is 14.7. The van der Waals surface area contributed by atoms with Gasteiger partial charge in [0.05, 0.1) is 0 Å². The largest absolute Gasteiger partial charge is 0.573 e. The Bertz CT molecular complexity index is 1210. The molecule has 3 aromatic rings. The molecule has 2 N–H and O–H groups in total. The summed E-state index contributed by atoms with van der Waals surface area (Å²) >= 11 is 0. The van der Waals surface area contributed by atoms with Gasteiger partial charge in [0.25, 0.3) is 5.91 Å². The fraction of sp³-hybridized carbons (Fsp3) is 0.0952. The van der Waals surface area contributed by atoms with E-state index in [1.54, 1.807) is 30.3 Å². The summed E-state index contributed by atoms with van der Waals surface area (Å²) in [4.78, 5) is 23.6. The van der Waals surface area contributed by atoms with E-state index in [9.17, 15) is 28.0 Å². The van der Waals surface area contributed by atoms with Crippen LogP contribution in [0.5, 0.6) is 5.75 Å². The van der Waals surface area contributed by atoms with Crippen LogP contribution in [0.15, 0.2) is 60.3 Å². The molecule has 0 radical (unpaired) electrons. The van der Waals surface area contributed by atoms with Crippen molar-refractivity contribution in [1.82, 2.24) is 4.57 Å². The molecule has 0 aliphatic heterocycles. The van der Waals surface area contributed by atoms with Crippen LogP contribution in [0.3, 0.4) is 0 Å². The second kappa shape index (κ2) is 8.62. The maximum Gasteiger partial charge on any atom is 0.573 e. The van der Waals surface area contributed by atoms with E-state index in [0.29, 0.717) is 16.5 Å². The number of benzene rings is 2. The van der Waals surface area contributed by atoms with Crippen molar-refractivity contribution < 1.29 is 32.6 Å². The number of hydrogen-bond donors (Lipinski definition) is 2. The summed E-state index contributed by atoms with van der Waals surface area (Å²) < 4.78 is 41.9. The van der Waals surface area contributed by atoms with Crippen molar-refractivity contribution in [3.63, 3.8) is 0 Å². The number of alkyl halides is 3. The van der Waals surface area contributed by atoms with Crippen molar-refractivity contribution in [2.24, 2.45) is 0 Å². The standard InChI is InChI=1S/C21H14F3N3O4/c22-21(23,24)31-16-7-5-15(6-8-16)26-20(30)13(10-25)9-14-11-27(12-19(28)29)18-4-2-1-3-17(14)18/h1-9,11H,12H2,(H,26,30)(H,28,29). The summed E-state index contributed by atoms with van der Waals surface area (Å²) in [5, 5.41) is 21.6. The molecule has 1 amide bonds. The number of amides is 1. The summed E-state index contributed by atoms with van der Waals surface area (Å²) in [5.41, 5.74) is 0.981. The molecule has 2 aromatic carbocycles. The van der Waals surface area contributed by atoms with Gasteiger partial charge >= 0.3 is 12.3 Å². The molecule has 0 aliphatic rings. The maximum atomic E-state index is 12.5. The molecule has 0 unspecified atom stereocenters. The average Bonchev–Trinajstić information content (AvgIpc) is 3.03. The van der Waals surface area contributed by atoms with Crippen LogP contribution in [-0.4, -0.2) is 27.9 Å². The molecule has 1 aromatic heterocycles. The second-order valence-corrected chi connectivity index (χ2v) is 6.32. The van der Waals surface area contributed by atoms with E-state index < -0.39 is 24.0 Å². The molecule has 0 fully saturated rings. The number of nitriles is 1. The van der Waals surface area contributed by atoms with E-state index in [-0.39, 0.29) is 17.8 Å². The van der Waals surface area contributed by atoms with Crippen molar-refractivity contribution in [2.45, 2.75) is 12.9 Å². The molecule has 7 nitrogen and oxygen atoms in total. The van der Waals surface area contributed by atoms with Gasteiger partial charge in [-0.1, -0.05) is 18.2 Å². The number of halogens is 3. The number of para-hydroxylation sites is 1. The van der Waals surface area contributed by atoms with Crippen LogP contribution < -0.4 is 10.1 Å². The van der Waals surface area contributed by atoms with Gasteiger partial charge in [0, 0.05) is 28.4 Å². The maximum absolute atomic E-state index is 12.5. The van der Waals surface area contributed by atoms with Crippen LogP contribution >= 0.6 is 0 Å². The van der Waals surface area contributed by atoms with Crippen LogP contribution in [0.4, 0.5) is 18.9 Å². The van der Waals surface area contributed by atoms with Crippen LogP contribution in [0, 0.1) is 11.3 Å². The Morgan fingerprint density at radius 2 is 1.84 bits per heavy atom. The number of nitrogens with zero attached hydrogens (tertiary/aromatic N) is 2. The Labute approximate surface area is 173 Å². The molecule has 0 saturated carbocycles. The molecule has 0 atom stereocenters. The predicted molar refractivity (Wildman–Crippen MR) is 105 cm³/mol. The summed E-state index contributed by atoms with van der Waals surface area (Å²) in [7, 11) is 0. The first-order valence-electron chi connectivity index (χ1n) is 8.75. The summed E-state index contributed by atoms with van der Waals surface area (Å²) in [5.74, 6) is -2.28. The monoisotopic (exact) mass is 429 g/mol. The third-order valence-electron chi connectivity index (χ3n) is 4.14. The minimum absolute atomic E-state index is 0.161. The number of carbonyl (C=O) groups excluding carboxylic acids is 1. The summed E-state index contributed by atoms with van der Waals surface area (Å²) in [6.45, 7) is -0.297. The van der Waals surface area contributed by atoms with Gasteiger partial charge in [-0.15, -0.1) is 13.2 Å². The molecule has 0 aliphatic carbocycles. The molecule has 0 spiro atoms. The number of hydrogen-bond acceptors (Lipinski definition) is 4. The number of rotatable bonds is 6. The van der Waals surface area contributed by atoms with Gasteiger partial charge < -0.3 is 19.7 Å². The van der Waals surface area contributed by atoms with Crippen molar-refractivity contribution in [3.8, 4) is 11.8 Å². The van der Waals surface area contributed by atoms with E-state index in [1.807, 2.05) is 0 Å². The molecule has 158 valence electrons. The first kappa shape index (κ1) is 21.4. The lowest BCUT2D eigenvalue weighted by Crippen LogP contribution is -2.17. The molecule has 3 rings (SSSR count). The van der Waals surface area contributed by atoms with Crippen LogP contribution in [0.25, 0.3) is 17.0 Å². The molecule has 0 bridgehead atoms. The highest BCUT2D eigenvalue weighted by Gasteiger charge is 2.31. The van der Waals surface area contributed by atoms with E-state index in [0.717, 1.165) is 12.1 Å². The number of aromatic nitrogens is 1. The fourth-order valence-corrected chi connectivity index (χ4v) is 2.91. The van der Waals surface area contributed by atoms with Crippen molar-refractivity contribution in [2.75, 3.05) is 5.32 Å². The Kier molecular flexibility index (Phi) is 5.97. The Morgan fingerprint density at radius 3 is 2.45 bits per heavy atom. The van der Waals surface area contributed by atoms with Crippen molar-refractivity contribution in [1.29, 1.82) is 5.26 Å². The zero-order valence-electron chi connectivity index (χ0n) is 15.7. The summed E-state index contributed by atoms with van der Waals surface area (Å²) in [6.07, 6.45) is -1.99. The van der Waals surface area contributed by atoms with Crippen LogP contribution in [-0.2, 0) is 16.1 Å². The average molecular weight is 429 g/mol. The van der Waals surface area contributed by atoms with Gasteiger partial charge in [-0.05, 0) is 36.4 Å². The minimum Gasteiger partial charge on any atom is -0.480 e. The number of aliphatic carboxylic acids is 1. The van der Waals surface area contributed by atoms with Gasteiger partial charge in [0.1, 0.15) is 23.9 Å². The molecular formula is C21H14F3N3O4. The number of fused-ring (bicyclic) bond motifs is 1. The third kappa shape index (κ3) is 5.42. The van der Waals surface area contributed by atoms with Gasteiger partial charge in [0.15, 0.2) is 0 Å². The van der Waals surface area contributed by atoms with Crippen LogP contribution in [0.2, 0.25) is 0 Å². The fourth-order valence-electron chi connectivity index (χ4n) is 2.91.